The summed E-state index contributed by atoms with van der Waals surface area (Å²) in [4.78, 5) is 11.8. The van der Waals surface area contributed by atoms with E-state index < -0.39 is 9.84 Å². The normalized spacial score (nSPS) is 30.3. The first-order valence-corrected chi connectivity index (χ1v) is 9.04. The van der Waals surface area contributed by atoms with Gasteiger partial charge in [0.1, 0.15) is 0 Å². The molecule has 2 fully saturated rings. The second-order valence-electron chi connectivity index (χ2n) is 5.77. The first-order valence-electron chi connectivity index (χ1n) is 7.21. The van der Waals surface area contributed by atoms with E-state index in [0.717, 1.165) is 12.8 Å². The van der Waals surface area contributed by atoms with Gasteiger partial charge in [-0.25, -0.2) is 8.42 Å². The lowest BCUT2D eigenvalue weighted by Gasteiger charge is -2.28. The molecule has 0 aromatic heterocycles. The smallest absolute Gasteiger partial charge is 0.220 e. The maximum absolute atomic E-state index is 11.8. The van der Waals surface area contributed by atoms with Crippen molar-refractivity contribution in [3.8, 4) is 0 Å². The predicted molar refractivity (Wildman–Crippen MR) is 74.6 cm³/mol. The number of hydrogen-bond donors (Lipinski definition) is 2. The van der Waals surface area contributed by atoms with Gasteiger partial charge in [0, 0.05) is 30.8 Å². The zero-order valence-electron chi connectivity index (χ0n) is 11.5. The van der Waals surface area contributed by atoms with Gasteiger partial charge in [-0.1, -0.05) is 6.92 Å². The summed E-state index contributed by atoms with van der Waals surface area (Å²) in [5, 5.41) is 6.29. The van der Waals surface area contributed by atoms with Crippen LogP contribution in [0.15, 0.2) is 0 Å². The number of rotatable bonds is 6. The maximum atomic E-state index is 11.8. The van der Waals surface area contributed by atoms with Crippen molar-refractivity contribution in [2.45, 2.75) is 51.1 Å². The van der Waals surface area contributed by atoms with Crippen LogP contribution in [0, 0.1) is 5.92 Å². The van der Waals surface area contributed by atoms with Gasteiger partial charge < -0.3 is 10.6 Å². The molecule has 6 heteroatoms. The predicted octanol–water partition coefficient (Wildman–Crippen LogP) is 0.458. The Morgan fingerprint density at radius 2 is 1.89 bits per heavy atom. The van der Waals surface area contributed by atoms with E-state index in [1.54, 1.807) is 6.92 Å². The van der Waals surface area contributed by atoms with E-state index in [4.69, 9.17) is 0 Å². The van der Waals surface area contributed by atoms with Gasteiger partial charge >= 0.3 is 0 Å². The van der Waals surface area contributed by atoms with Gasteiger partial charge in [-0.3, -0.25) is 4.79 Å². The van der Waals surface area contributed by atoms with Crippen LogP contribution in [0.5, 0.6) is 0 Å². The van der Waals surface area contributed by atoms with Crippen molar-refractivity contribution in [3.05, 3.63) is 0 Å². The molecule has 110 valence electrons. The molecular weight excluding hydrogens is 264 g/mol. The van der Waals surface area contributed by atoms with Crippen LogP contribution in [0.2, 0.25) is 0 Å². The van der Waals surface area contributed by atoms with Gasteiger partial charge in [0.15, 0.2) is 9.84 Å². The van der Waals surface area contributed by atoms with Gasteiger partial charge in [-0.2, -0.15) is 0 Å². The van der Waals surface area contributed by atoms with E-state index in [1.807, 2.05) is 0 Å². The van der Waals surface area contributed by atoms with Crippen molar-refractivity contribution >= 4 is 15.7 Å². The van der Waals surface area contributed by atoms with Crippen molar-refractivity contribution in [3.63, 3.8) is 0 Å². The molecule has 2 rings (SSSR count). The number of amides is 1. The van der Waals surface area contributed by atoms with E-state index in [-0.39, 0.29) is 24.0 Å². The fraction of sp³-hybridized carbons (Fsp3) is 0.923. The van der Waals surface area contributed by atoms with Gasteiger partial charge in [0.05, 0.1) is 5.75 Å². The van der Waals surface area contributed by atoms with E-state index in [2.05, 4.69) is 10.6 Å². The molecule has 2 aliphatic rings. The van der Waals surface area contributed by atoms with Crippen molar-refractivity contribution in [2.24, 2.45) is 5.92 Å². The van der Waals surface area contributed by atoms with Crippen LogP contribution in [0.25, 0.3) is 0 Å². The highest BCUT2D eigenvalue weighted by Gasteiger charge is 2.34. The summed E-state index contributed by atoms with van der Waals surface area (Å²) < 4.78 is 22.6. The first-order chi connectivity index (χ1) is 8.98. The number of carbonyl (C=O) groups is 1. The molecule has 0 radical (unpaired) electrons. The summed E-state index contributed by atoms with van der Waals surface area (Å²) >= 11 is 0. The standard InChI is InChI=1S/C13H24N2O3S/c1-2-19(17,18)6-5-14-13(16)9-10-7-11-3-4-12(8-10)15-11/h10-12,15H,2-9H2,1H3,(H,14,16). The second-order valence-corrected chi connectivity index (χ2v) is 8.24. The molecule has 0 aromatic carbocycles. The van der Waals surface area contributed by atoms with Crippen LogP contribution in [-0.4, -0.2) is 44.5 Å². The molecule has 2 aliphatic heterocycles. The molecule has 5 nitrogen and oxygen atoms in total. The molecule has 2 saturated heterocycles. The molecule has 0 spiro atoms. The molecule has 19 heavy (non-hydrogen) atoms. The minimum absolute atomic E-state index is 0.00222. The highest BCUT2D eigenvalue weighted by Crippen LogP contribution is 2.32. The minimum Gasteiger partial charge on any atom is -0.355 e. The first kappa shape index (κ1) is 14.8. The van der Waals surface area contributed by atoms with Crippen LogP contribution < -0.4 is 10.6 Å². The summed E-state index contributed by atoms with van der Waals surface area (Å²) in [6, 6.07) is 1.19. The molecule has 0 aromatic rings. The Labute approximate surface area is 115 Å². The molecule has 0 aliphatic carbocycles. The van der Waals surface area contributed by atoms with Crippen molar-refractivity contribution < 1.29 is 13.2 Å². The zero-order valence-corrected chi connectivity index (χ0v) is 12.3. The number of hydrogen-bond acceptors (Lipinski definition) is 4. The van der Waals surface area contributed by atoms with Crippen LogP contribution in [0.1, 0.15) is 39.0 Å². The maximum Gasteiger partial charge on any atom is 0.220 e. The summed E-state index contributed by atoms with van der Waals surface area (Å²) in [6.45, 7) is 1.87. The van der Waals surface area contributed by atoms with Crippen molar-refractivity contribution in [2.75, 3.05) is 18.1 Å². The van der Waals surface area contributed by atoms with Crippen LogP contribution in [0.4, 0.5) is 0 Å². The van der Waals surface area contributed by atoms with Crippen molar-refractivity contribution in [1.82, 2.24) is 10.6 Å². The number of piperidine rings is 1. The van der Waals surface area contributed by atoms with E-state index >= 15 is 0 Å². The minimum atomic E-state index is -2.98. The molecule has 1 amide bonds. The van der Waals surface area contributed by atoms with Gasteiger partial charge in [-0.05, 0) is 31.6 Å². The Balaban J connectivity index is 1.67. The SMILES string of the molecule is CCS(=O)(=O)CCNC(=O)CC1CC2CCC(C1)N2. The van der Waals surface area contributed by atoms with Crippen LogP contribution in [-0.2, 0) is 14.6 Å². The third kappa shape index (κ3) is 4.45. The fourth-order valence-electron chi connectivity index (χ4n) is 3.17. The topological polar surface area (TPSA) is 75.3 Å². The lowest BCUT2D eigenvalue weighted by atomic mass is 9.89. The summed E-state index contributed by atoms with van der Waals surface area (Å²) in [5.41, 5.74) is 0. The van der Waals surface area contributed by atoms with Gasteiger partial charge in [-0.15, -0.1) is 0 Å². The van der Waals surface area contributed by atoms with Crippen molar-refractivity contribution in [1.29, 1.82) is 0 Å². The molecule has 2 N–H and O–H groups in total. The highest BCUT2D eigenvalue weighted by molar-refractivity contribution is 7.91. The summed E-state index contributed by atoms with van der Waals surface area (Å²) in [6.07, 6.45) is 5.17. The monoisotopic (exact) mass is 288 g/mol. The number of carbonyl (C=O) groups excluding carboxylic acids is 1. The number of nitrogens with one attached hydrogen (secondary N) is 2. The quantitative estimate of drug-likeness (QED) is 0.744. The van der Waals surface area contributed by atoms with E-state index in [1.165, 1.54) is 12.8 Å². The average molecular weight is 288 g/mol. The van der Waals surface area contributed by atoms with E-state index in [0.29, 0.717) is 24.4 Å². The fourth-order valence-corrected chi connectivity index (χ4v) is 3.87. The lowest BCUT2D eigenvalue weighted by Crippen LogP contribution is -2.40. The number of sulfone groups is 1. The zero-order chi connectivity index (χ0) is 13.9. The molecule has 2 bridgehead atoms. The molecular formula is C13H24N2O3S. The Hall–Kier alpha value is -0.620. The third-order valence-electron chi connectivity index (χ3n) is 4.22. The largest absolute Gasteiger partial charge is 0.355 e. The number of fused-ring (bicyclic) bond motifs is 2. The second kappa shape index (κ2) is 6.22. The van der Waals surface area contributed by atoms with Crippen LogP contribution in [0.3, 0.4) is 0 Å². The molecule has 2 atom stereocenters. The molecule has 2 heterocycles. The Morgan fingerprint density at radius 3 is 2.47 bits per heavy atom. The van der Waals surface area contributed by atoms with Crippen LogP contribution >= 0.6 is 0 Å². The van der Waals surface area contributed by atoms with E-state index in [9.17, 15) is 13.2 Å². The molecule has 0 saturated carbocycles. The Bertz CT molecular complexity index is 410. The molecule has 2 unspecified atom stereocenters. The lowest BCUT2D eigenvalue weighted by molar-refractivity contribution is -0.122. The summed E-state index contributed by atoms with van der Waals surface area (Å²) in [5.74, 6) is 0.645. The third-order valence-corrected chi connectivity index (χ3v) is 5.93. The summed E-state index contributed by atoms with van der Waals surface area (Å²) in [7, 11) is -2.98. The Kier molecular flexibility index (Phi) is 4.84. The average Bonchev–Trinajstić information content (AvgIpc) is 2.68. The highest BCUT2D eigenvalue weighted by atomic mass is 32.2. The van der Waals surface area contributed by atoms with Gasteiger partial charge in [0.25, 0.3) is 0 Å². The Morgan fingerprint density at radius 1 is 1.26 bits per heavy atom. The van der Waals surface area contributed by atoms with Gasteiger partial charge in [0.2, 0.25) is 5.91 Å².